The molecule has 7 heteroatoms. The van der Waals surface area contributed by atoms with Crippen LogP contribution in [-0.2, 0) is 10.0 Å². The Morgan fingerprint density at radius 3 is 2.62 bits per heavy atom. The number of aliphatic imine (C=N–C) groups is 1. The highest BCUT2D eigenvalue weighted by Crippen LogP contribution is 2.11. The Morgan fingerprint density at radius 2 is 1.95 bits per heavy atom. The molecular weight excluding hydrogens is 288 g/mol. The molecular formula is C14H30N4O2S. The molecule has 0 aromatic heterocycles. The summed E-state index contributed by atoms with van der Waals surface area (Å²) in [5.41, 5.74) is 5.76. The number of nitrogens with one attached hydrogen (secondary N) is 1. The summed E-state index contributed by atoms with van der Waals surface area (Å²) in [7, 11) is -3.00. The summed E-state index contributed by atoms with van der Waals surface area (Å²) in [5.74, 6) is 0.689. The van der Waals surface area contributed by atoms with Gasteiger partial charge in [0.25, 0.3) is 0 Å². The van der Waals surface area contributed by atoms with Crippen molar-refractivity contribution in [2.45, 2.75) is 51.9 Å². The van der Waals surface area contributed by atoms with Crippen molar-refractivity contribution in [1.82, 2.24) is 9.62 Å². The van der Waals surface area contributed by atoms with Crippen LogP contribution in [0.25, 0.3) is 0 Å². The van der Waals surface area contributed by atoms with Crippen LogP contribution in [0.2, 0.25) is 0 Å². The van der Waals surface area contributed by atoms with E-state index in [1.54, 1.807) is 0 Å². The molecule has 0 aliphatic carbocycles. The third-order valence-corrected chi connectivity index (χ3v) is 5.62. The van der Waals surface area contributed by atoms with E-state index < -0.39 is 10.0 Å². The second kappa shape index (κ2) is 10.00. The van der Waals surface area contributed by atoms with Crippen molar-refractivity contribution in [3.05, 3.63) is 0 Å². The Morgan fingerprint density at radius 1 is 1.24 bits per heavy atom. The zero-order chi connectivity index (χ0) is 15.6. The molecule has 21 heavy (non-hydrogen) atoms. The van der Waals surface area contributed by atoms with Crippen molar-refractivity contribution in [3.63, 3.8) is 0 Å². The lowest BCUT2D eigenvalue weighted by atomic mass is 10.1. The Balaban J connectivity index is 2.05. The lowest BCUT2D eigenvalue weighted by Crippen LogP contribution is -2.39. The SMILES string of the molecule is CCCCCCCCN=C(N)NCCN1CCCS1(=O)=O. The predicted octanol–water partition coefficient (Wildman–Crippen LogP) is 1.29. The molecule has 124 valence electrons. The average Bonchev–Trinajstić information content (AvgIpc) is 2.77. The lowest BCUT2D eigenvalue weighted by molar-refractivity contribution is 0.445. The molecule has 3 N–H and O–H groups in total. The molecule has 0 amide bonds. The first-order valence-corrected chi connectivity index (χ1v) is 9.69. The quantitative estimate of drug-likeness (QED) is 0.361. The van der Waals surface area contributed by atoms with Crippen LogP contribution in [0.5, 0.6) is 0 Å². The van der Waals surface area contributed by atoms with Crippen LogP contribution in [0.1, 0.15) is 51.9 Å². The molecule has 1 fully saturated rings. The minimum Gasteiger partial charge on any atom is -0.370 e. The van der Waals surface area contributed by atoms with Crippen LogP contribution in [0.3, 0.4) is 0 Å². The van der Waals surface area contributed by atoms with E-state index in [0.29, 0.717) is 25.6 Å². The summed E-state index contributed by atoms with van der Waals surface area (Å²) >= 11 is 0. The fourth-order valence-corrected chi connectivity index (χ4v) is 3.93. The van der Waals surface area contributed by atoms with Gasteiger partial charge in [-0.15, -0.1) is 0 Å². The van der Waals surface area contributed by atoms with Gasteiger partial charge in [0.05, 0.1) is 5.75 Å². The number of nitrogens with zero attached hydrogens (tertiary/aromatic N) is 2. The van der Waals surface area contributed by atoms with Gasteiger partial charge >= 0.3 is 0 Å². The number of sulfonamides is 1. The molecule has 1 saturated heterocycles. The third kappa shape index (κ3) is 7.66. The van der Waals surface area contributed by atoms with Crippen molar-refractivity contribution < 1.29 is 8.42 Å². The molecule has 1 rings (SSSR count). The van der Waals surface area contributed by atoms with Gasteiger partial charge in [0.15, 0.2) is 5.96 Å². The van der Waals surface area contributed by atoms with Crippen molar-refractivity contribution in [3.8, 4) is 0 Å². The molecule has 0 radical (unpaired) electrons. The highest BCUT2D eigenvalue weighted by molar-refractivity contribution is 7.89. The second-order valence-corrected chi connectivity index (χ2v) is 7.62. The number of unbranched alkanes of at least 4 members (excludes halogenated alkanes) is 5. The molecule has 6 nitrogen and oxygen atoms in total. The van der Waals surface area contributed by atoms with E-state index in [1.165, 1.54) is 36.4 Å². The first-order chi connectivity index (χ1) is 10.1. The van der Waals surface area contributed by atoms with Gasteiger partial charge in [-0.2, -0.15) is 0 Å². The van der Waals surface area contributed by atoms with Gasteiger partial charge in [-0.3, -0.25) is 4.99 Å². The Bertz CT molecular complexity index is 409. The maximum absolute atomic E-state index is 11.6. The molecule has 0 saturated carbocycles. The molecule has 0 bridgehead atoms. The van der Waals surface area contributed by atoms with Crippen molar-refractivity contribution in [2.24, 2.45) is 10.7 Å². The average molecular weight is 318 g/mol. The van der Waals surface area contributed by atoms with Gasteiger partial charge < -0.3 is 11.1 Å². The standard InChI is InChI=1S/C14H30N4O2S/c1-2-3-4-5-6-7-9-16-14(15)17-10-12-18-11-8-13-21(18,19)20/h2-13H2,1H3,(H3,15,16,17). The topological polar surface area (TPSA) is 87.8 Å². The van der Waals surface area contributed by atoms with Crippen molar-refractivity contribution in [1.29, 1.82) is 0 Å². The summed E-state index contributed by atoms with van der Waals surface area (Å²) in [6, 6.07) is 0. The van der Waals surface area contributed by atoms with Crippen LogP contribution in [0.4, 0.5) is 0 Å². The van der Waals surface area contributed by atoms with E-state index in [0.717, 1.165) is 19.4 Å². The van der Waals surface area contributed by atoms with Gasteiger partial charge in [0.2, 0.25) is 10.0 Å². The summed E-state index contributed by atoms with van der Waals surface area (Å²) in [4.78, 5) is 4.26. The Labute approximate surface area is 129 Å². The fraction of sp³-hybridized carbons (Fsp3) is 0.929. The van der Waals surface area contributed by atoms with E-state index in [-0.39, 0.29) is 5.75 Å². The Kier molecular flexibility index (Phi) is 8.68. The molecule has 1 heterocycles. The highest BCUT2D eigenvalue weighted by Gasteiger charge is 2.27. The van der Waals surface area contributed by atoms with Crippen LogP contribution < -0.4 is 11.1 Å². The first-order valence-electron chi connectivity index (χ1n) is 8.08. The van der Waals surface area contributed by atoms with Gasteiger partial charge in [-0.1, -0.05) is 39.0 Å². The molecule has 1 aliphatic rings. The van der Waals surface area contributed by atoms with Crippen LogP contribution in [0, 0.1) is 0 Å². The molecule has 0 spiro atoms. The fourth-order valence-electron chi connectivity index (χ4n) is 2.40. The number of guanidine groups is 1. The van der Waals surface area contributed by atoms with Gasteiger partial charge in [0.1, 0.15) is 0 Å². The minimum atomic E-state index is -3.00. The zero-order valence-electron chi connectivity index (χ0n) is 13.2. The largest absolute Gasteiger partial charge is 0.370 e. The number of nitrogens with two attached hydrogens (primary N) is 1. The van der Waals surface area contributed by atoms with E-state index in [9.17, 15) is 8.42 Å². The molecule has 0 aromatic rings. The number of hydrogen-bond donors (Lipinski definition) is 2. The monoisotopic (exact) mass is 318 g/mol. The summed E-state index contributed by atoms with van der Waals surface area (Å²) in [6.07, 6.45) is 8.13. The normalized spacial score (nSPS) is 19.0. The van der Waals surface area contributed by atoms with E-state index >= 15 is 0 Å². The van der Waals surface area contributed by atoms with Gasteiger partial charge in [0, 0.05) is 26.2 Å². The third-order valence-electron chi connectivity index (χ3n) is 3.66. The Hall–Kier alpha value is -0.820. The predicted molar refractivity (Wildman–Crippen MR) is 87.8 cm³/mol. The van der Waals surface area contributed by atoms with E-state index in [4.69, 9.17) is 5.73 Å². The van der Waals surface area contributed by atoms with Gasteiger partial charge in [-0.05, 0) is 12.8 Å². The smallest absolute Gasteiger partial charge is 0.214 e. The minimum absolute atomic E-state index is 0.272. The molecule has 1 aliphatic heterocycles. The molecule has 0 atom stereocenters. The van der Waals surface area contributed by atoms with E-state index in [2.05, 4.69) is 17.2 Å². The van der Waals surface area contributed by atoms with Crippen molar-refractivity contribution in [2.75, 3.05) is 31.9 Å². The van der Waals surface area contributed by atoms with Crippen LogP contribution in [0.15, 0.2) is 4.99 Å². The zero-order valence-corrected chi connectivity index (χ0v) is 14.0. The van der Waals surface area contributed by atoms with Gasteiger partial charge in [-0.25, -0.2) is 12.7 Å². The highest BCUT2D eigenvalue weighted by atomic mass is 32.2. The second-order valence-electron chi connectivity index (χ2n) is 5.53. The summed E-state index contributed by atoms with van der Waals surface area (Å²) < 4.78 is 24.7. The number of rotatable bonds is 10. The van der Waals surface area contributed by atoms with Crippen molar-refractivity contribution >= 4 is 16.0 Å². The molecule has 0 aromatic carbocycles. The van der Waals surface area contributed by atoms with Crippen LogP contribution in [-0.4, -0.2) is 50.6 Å². The molecule has 0 unspecified atom stereocenters. The summed E-state index contributed by atoms with van der Waals surface area (Å²) in [6.45, 7) is 4.57. The lowest BCUT2D eigenvalue weighted by Gasteiger charge is -2.14. The maximum atomic E-state index is 11.6. The summed E-state index contributed by atoms with van der Waals surface area (Å²) in [5, 5.41) is 2.98. The maximum Gasteiger partial charge on any atom is 0.214 e. The van der Waals surface area contributed by atoms with E-state index in [1.807, 2.05) is 0 Å². The number of hydrogen-bond acceptors (Lipinski definition) is 3. The van der Waals surface area contributed by atoms with Crippen LogP contribution >= 0.6 is 0 Å². The first kappa shape index (κ1) is 18.2.